The van der Waals surface area contributed by atoms with E-state index in [9.17, 15) is 4.39 Å². The molecule has 5 heterocycles. The Hall–Kier alpha value is -3.69. The molecule has 31 heavy (non-hydrogen) atoms. The summed E-state index contributed by atoms with van der Waals surface area (Å²) >= 11 is 0. The number of nitrogens with zero attached hydrogens (tertiary/aromatic N) is 6. The van der Waals surface area contributed by atoms with Crippen molar-refractivity contribution in [2.75, 3.05) is 18.5 Å². The highest BCUT2D eigenvalue weighted by molar-refractivity contribution is 5.78. The van der Waals surface area contributed by atoms with Crippen LogP contribution < -0.4 is 14.8 Å². The van der Waals surface area contributed by atoms with Gasteiger partial charge in [0, 0.05) is 31.1 Å². The third kappa shape index (κ3) is 2.67. The van der Waals surface area contributed by atoms with Crippen LogP contribution in [0.5, 0.6) is 11.5 Å². The molecule has 1 atom stereocenters. The number of rotatable bonds is 2. The van der Waals surface area contributed by atoms with Crippen LogP contribution in [0.25, 0.3) is 17.0 Å². The van der Waals surface area contributed by atoms with Gasteiger partial charge in [0.25, 0.3) is 0 Å². The van der Waals surface area contributed by atoms with Crippen molar-refractivity contribution in [1.82, 2.24) is 29.4 Å². The smallest absolute Gasteiger partial charge is 0.173 e. The number of pyridine rings is 1. The average molecular weight is 421 g/mol. The Kier molecular flexibility index (Phi) is 3.89. The Morgan fingerprint density at radius 3 is 2.87 bits per heavy atom. The van der Waals surface area contributed by atoms with Crippen molar-refractivity contribution in [3.05, 3.63) is 47.3 Å². The number of hydrogen-bond donors (Lipinski definition) is 1. The van der Waals surface area contributed by atoms with Gasteiger partial charge in [-0.1, -0.05) is 6.92 Å². The molecular formula is C21H20FN7O2. The summed E-state index contributed by atoms with van der Waals surface area (Å²) in [6.07, 6.45) is 2.34. The summed E-state index contributed by atoms with van der Waals surface area (Å²) in [7, 11) is 1.85. The number of fused-ring (bicyclic) bond motifs is 3. The summed E-state index contributed by atoms with van der Waals surface area (Å²) in [6, 6.07) is 5.04. The van der Waals surface area contributed by atoms with Gasteiger partial charge in [0.2, 0.25) is 0 Å². The van der Waals surface area contributed by atoms with E-state index in [-0.39, 0.29) is 11.7 Å². The van der Waals surface area contributed by atoms with Crippen LogP contribution in [-0.2, 0) is 20.0 Å². The number of hydrogen-bond acceptors (Lipinski definition) is 7. The Labute approximate surface area is 176 Å². The van der Waals surface area contributed by atoms with Gasteiger partial charge in [-0.3, -0.25) is 4.40 Å². The standard InChI is InChI=1S/C21H20FN7O2/c1-3-17-25-19(28(2)27-17)12-6-16-21(29-10-24-26-20(12)29)23-7-13-14(22)4-5-15-18(13)11(8-30-15)9-31-16/h4-6,10-11,23H,3,7-9H2,1-2H3/t11-/m1/s1. The van der Waals surface area contributed by atoms with Gasteiger partial charge in [0.1, 0.15) is 17.9 Å². The Balaban J connectivity index is 1.52. The second-order valence-electron chi connectivity index (χ2n) is 7.73. The molecule has 9 nitrogen and oxygen atoms in total. The minimum atomic E-state index is -0.256. The molecule has 0 spiro atoms. The van der Waals surface area contributed by atoms with E-state index >= 15 is 0 Å². The highest BCUT2D eigenvalue weighted by atomic mass is 19.1. The topological polar surface area (TPSA) is 91.4 Å². The lowest BCUT2D eigenvalue weighted by Gasteiger charge is -2.16. The quantitative estimate of drug-likeness (QED) is 0.532. The number of ether oxygens (including phenoxy) is 2. The number of benzene rings is 1. The molecule has 4 aromatic rings. The molecule has 3 aromatic heterocycles. The molecular weight excluding hydrogens is 401 g/mol. The molecule has 0 fully saturated rings. The van der Waals surface area contributed by atoms with E-state index < -0.39 is 0 Å². The second-order valence-corrected chi connectivity index (χ2v) is 7.73. The van der Waals surface area contributed by atoms with Crippen molar-refractivity contribution in [1.29, 1.82) is 0 Å². The van der Waals surface area contributed by atoms with Crippen molar-refractivity contribution >= 4 is 11.5 Å². The summed E-state index contributed by atoms with van der Waals surface area (Å²) in [5, 5.41) is 16.2. The van der Waals surface area contributed by atoms with Crippen molar-refractivity contribution in [2.24, 2.45) is 7.05 Å². The highest BCUT2D eigenvalue weighted by Crippen LogP contribution is 2.41. The number of nitrogens with one attached hydrogen (secondary N) is 1. The molecule has 6 rings (SSSR count). The number of aryl methyl sites for hydroxylation is 2. The summed E-state index contributed by atoms with van der Waals surface area (Å²) in [6.45, 7) is 3.13. The maximum atomic E-state index is 14.7. The van der Waals surface area contributed by atoms with E-state index in [1.54, 1.807) is 17.1 Å². The molecule has 0 saturated heterocycles. The molecule has 0 saturated carbocycles. The first kappa shape index (κ1) is 18.1. The summed E-state index contributed by atoms with van der Waals surface area (Å²) in [5.74, 6) is 3.13. The van der Waals surface area contributed by atoms with Gasteiger partial charge in [-0.15, -0.1) is 10.2 Å². The zero-order valence-corrected chi connectivity index (χ0v) is 17.1. The van der Waals surface area contributed by atoms with Gasteiger partial charge in [-0.25, -0.2) is 14.1 Å². The predicted octanol–water partition coefficient (Wildman–Crippen LogP) is 2.71. The van der Waals surface area contributed by atoms with Crippen molar-refractivity contribution in [3.8, 4) is 22.9 Å². The Bertz CT molecular complexity index is 1330. The average Bonchev–Trinajstić information content (AvgIpc) is 3.50. The third-order valence-corrected chi connectivity index (χ3v) is 5.88. The Morgan fingerprint density at radius 2 is 2.06 bits per heavy atom. The van der Waals surface area contributed by atoms with E-state index in [0.717, 1.165) is 29.1 Å². The van der Waals surface area contributed by atoms with E-state index in [1.165, 1.54) is 6.07 Å². The number of aromatic nitrogens is 6. The van der Waals surface area contributed by atoms with Gasteiger partial charge in [0.15, 0.2) is 28.9 Å². The number of anilines is 1. The molecule has 1 N–H and O–H groups in total. The lowest BCUT2D eigenvalue weighted by Crippen LogP contribution is -2.13. The summed E-state index contributed by atoms with van der Waals surface area (Å²) < 4.78 is 30.3. The van der Waals surface area contributed by atoms with Crippen molar-refractivity contribution in [3.63, 3.8) is 0 Å². The van der Waals surface area contributed by atoms with Gasteiger partial charge in [-0.05, 0) is 18.2 Å². The second kappa shape index (κ2) is 6.66. The van der Waals surface area contributed by atoms with Crippen LogP contribution >= 0.6 is 0 Å². The van der Waals surface area contributed by atoms with Crippen molar-refractivity contribution < 1.29 is 13.9 Å². The van der Waals surface area contributed by atoms with Gasteiger partial charge in [-0.2, -0.15) is 5.10 Å². The van der Waals surface area contributed by atoms with Crippen LogP contribution in [0.15, 0.2) is 24.5 Å². The largest absolute Gasteiger partial charge is 0.493 e. The van der Waals surface area contributed by atoms with E-state index in [1.807, 2.05) is 24.4 Å². The Morgan fingerprint density at radius 1 is 1.23 bits per heavy atom. The maximum absolute atomic E-state index is 14.7. The maximum Gasteiger partial charge on any atom is 0.173 e. The zero-order chi connectivity index (χ0) is 21.1. The van der Waals surface area contributed by atoms with Crippen LogP contribution in [0.1, 0.15) is 29.8 Å². The minimum Gasteiger partial charge on any atom is -0.493 e. The lowest BCUT2D eigenvalue weighted by molar-refractivity contribution is 0.249. The molecule has 2 aliphatic heterocycles. The van der Waals surface area contributed by atoms with Gasteiger partial charge < -0.3 is 14.8 Å². The first-order valence-corrected chi connectivity index (χ1v) is 10.2. The fourth-order valence-corrected chi connectivity index (χ4v) is 4.37. The van der Waals surface area contributed by atoms with Crippen LogP contribution in [0.3, 0.4) is 0 Å². The SMILES string of the molecule is CCc1nc(-c2cc3c(n4cnnc24)NCc2c(F)ccc4c2[C@H](CO4)CO3)n(C)n1. The van der Waals surface area contributed by atoms with Gasteiger partial charge >= 0.3 is 0 Å². The molecule has 0 radical (unpaired) electrons. The highest BCUT2D eigenvalue weighted by Gasteiger charge is 2.32. The lowest BCUT2D eigenvalue weighted by atomic mass is 9.96. The molecule has 158 valence electrons. The van der Waals surface area contributed by atoms with E-state index in [2.05, 4.69) is 25.6 Å². The molecule has 1 aromatic carbocycles. The first-order chi connectivity index (χ1) is 15.1. The molecule has 0 amide bonds. The van der Waals surface area contributed by atoms with Crippen LogP contribution in [0.2, 0.25) is 0 Å². The van der Waals surface area contributed by atoms with Crippen molar-refractivity contribution in [2.45, 2.75) is 25.8 Å². The third-order valence-electron chi connectivity index (χ3n) is 5.88. The van der Waals surface area contributed by atoms with Crippen LogP contribution in [0.4, 0.5) is 10.2 Å². The zero-order valence-electron chi connectivity index (χ0n) is 17.1. The molecule has 0 bridgehead atoms. The molecule has 0 aliphatic carbocycles. The summed E-state index contributed by atoms with van der Waals surface area (Å²) in [4.78, 5) is 4.65. The first-order valence-electron chi connectivity index (χ1n) is 10.2. The predicted molar refractivity (Wildman–Crippen MR) is 110 cm³/mol. The summed E-state index contributed by atoms with van der Waals surface area (Å²) in [5.41, 5.74) is 2.86. The fourth-order valence-electron chi connectivity index (χ4n) is 4.37. The normalized spacial score (nSPS) is 17.1. The van der Waals surface area contributed by atoms with E-state index in [4.69, 9.17) is 9.47 Å². The fraction of sp³-hybridized carbons (Fsp3) is 0.333. The number of halogens is 1. The van der Waals surface area contributed by atoms with E-state index in [0.29, 0.717) is 48.4 Å². The molecule has 2 aliphatic rings. The minimum absolute atomic E-state index is 0.0463. The molecule has 10 heteroatoms. The van der Waals surface area contributed by atoms with Gasteiger partial charge in [0.05, 0.1) is 24.7 Å². The van der Waals surface area contributed by atoms with Crippen LogP contribution in [-0.4, -0.2) is 42.6 Å². The van der Waals surface area contributed by atoms with Crippen LogP contribution in [0, 0.1) is 5.82 Å². The molecule has 0 unspecified atom stereocenters. The monoisotopic (exact) mass is 421 g/mol.